The fourth-order valence-electron chi connectivity index (χ4n) is 4.62. The molecule has 0 unspecified atom stereocenters. The van der Waals surface area contributed by atoms with Crippen LogP contribution < -0.4 is 10.1 Å². The molecule has 4 rings (SSSR count). The zero-order valence-corrected chi connectivity index (χ0v) is 24.4. The van der Waals surface area contributed by atoms with E-state index >= 15 is 0 Å². The molecule has 0 radical (unpaired) electrons. The molecular weight excluding hydrogens is 520 g/mol. The number of aliphatic imine (C=N–C) groups is 1. The zero-order chi connectivity index (χ0) is 28.2. The van der Waals surface area contributed by atoms with Crippen LogP contribution in [0.25, 0.3) is 0 Å². The van der Waals surface area contributed by atoms with Crippen LogP contribution in [0.15, 0.2) is 22.2 Å². The Bertz CT molecular complexity index is 1310. The van der Waals surface area contributed by atoms with Gasteiger partial charge in [0.2, 0.25) is 21.8 Å². The minimum Gasteiger partial charge on any atom is -0.477 e. The number of fused-ring (bicyclic) bond motifs is 1. The van der Waals surface area contributed by atoms with E-state index in [1.807, 2.05) is 6.92 Å². The van der Waals surface area contributed by atoms with Gasteiger partial charge in [-0.2, -0.15) is 9.40 Å². The predicted molar refractivity (Wildman–Crippen MR) is 149 cm³/mol. The number of amides is 1. The van der Waals surface area contributed by atoms with Crippen molar-refractivity contribution in [1.82, 2.24) is 34.2 Å². The van der Waals surface area contributed by atoms with Crippen molar-refractivity contribution in [3.05, 3.63) is 29.2 Å². The Kier molecular flexibility index (Phi) is 9.23. The van der Waals surface area contributed by atoms with Crippen LogP contribution in [0.3, 0.4) is 0 Å². The minimum atomic E-state index is -3.74. The molecule has 39 heavy (non-hydrogen) atoms. The van der Waals surface area contributed by atoms with Gasteiger partial charge in [0.15, 0.2) is 0 Å². The van der Waals surface area contributed by atoms with Crippen LogP contribution >= 0.6 is 0 Å². The summed E-state index contributed by atoms with van der Waals surface area (Å²) in [5, 5.41) is 7.91. The van der Waals surface area contributed by atoms with Gasteiger partial charge in [0.1, 0.15) is 28.7 Å². The average molecular weight is 561 g/mol. The molecule has 1 amide bonds. The second-order valence-electron chi connectivity index (χ2n) is 9.92. The molecule has 0 spiro atoms. The standard InChI is InChI=1S/C26H40N8O4S/c1-6-9-14-38-26-20(15-19(16-28-26)39(36,37)33-12-10-32(8-3)11-13-33)25-27-17-21-24(29-25)22(7-2)34(30-21)18-23(35)31(4)5/h15-16H,6-14,17-18H2,1-5H3,(H,27,29). The minimum absolute atomic E-state index is 0.0600. The first-order valence-electron chi connectivity index (χ1n) is 13.7. The number of pyridine rings is 1. The van der Waals surface area contributed by atoms with Crippen LogP contribution in [0.4, 0.5) is 5.69 Å². The number of nitrogens with one attached hydrogen (secondary N) is 1. The molecule has 2 aromatic heterocycles. The number of carbonyl (C=O) groups is 1. The van der Waals surface area contributed by atoms with Crippen LogP contribution in [-0.4, -0.2) is 102 Å². The van der Waals surface area contributed by atoms with E-state index in [-0.39, 0.29) is 17.3 Å². The van der Waals surface area contributed by atoms with Crippen molar-refractivity contribution >= 4 is 27.5 Å². The first-order chi connectivity index (χ1) is 18.7. The number of likely N-dealkylation sites (N-methyl/N-ethyl adjacent to an activating group) is 2. The molecule has 2 aliphatic rings. The lowest BCUT2D eigenvalue weighted by molar-refractivity contribution is -0.129. The number of hydrogen-bond donors (Lipinski definition) is 1. The van der Waals surface area contributed by atoms with E-state index in [1.54, 1.807) is 24.8 Å². The lowest BCUT2D eigenvalue weighted by atomic mass is 10.1. The number of carbonyl (C=O) groups excluding carboxylic acids is 1. The molecule has 214 valence electrons. The van der Waals surface area contributed by atoms with E-state index in [9.17, 15) is 13.2 Å². The summed E-state index contributed by atoms with van der Waals surface area (Å²) in [7, 11) is -0.310. The Balaban J connectivity index is 1.72. The Morgan fingerprint density at radius 3 is 2.54 bits per heavy atom. The average Bonchev–Trinajstić information content (AvgIpc) is 3.29. The van der Waals surface area contributed by atoms with E-state index in [0.717, 1.165) is 30.8 Å². The van der Waals surface area contributed by atoms with E-state index in [0.29, 0.717) is 68.7 Å². The van der Waals surface area contributed by atoms with Crippen LogP contribution in [-0.2, 0) is 34.3 Å². The highest BCUT2D eigenvalue weighted by atomic mass is 32.2. The molecule has 0 aromatic carbocycles. The fraction of sp³-hybridized carbons (Fsp3) is 0.615. The van der Waals surface area contributed by atoms with Crippen LogP contribution in [0.5, 0.6) is 5.88 Å². The summed E-state index contributed by atoms with van der Waals surface area (Å²) in [6.07, 6.45) is 3.82. The first kappa shape index (κ1) is 29.0. The number of sulfonamides is 1. The van der Waals surface area contributed by atoms with Crippen molar-refractivity contribution in [2.24, 2.45) is 4.99 Å². The second-order valence-corrected chi connectivity index (χ2v) is 11.9. The second kappa shape index (κ2) is 12.4. The maximum absolute atomic E-state index is 13.6. The molecule has 1 fully saturated rings. The topological polar surface area (TPSA) is 125 Å². The molecule has 12 nitrogen and oxygen atoms in total. The lowest BCUT2D eigenvalue weighted by Gasteiger charge is -2.33. The van der Waals surface area contributed by atoms with E-state index < -0.39 is 10.0 Å². The third kappa shape index (κ3) is 6.25. The molecule has 1 N–H and O–H groups in total. The monoisotopic (exact) mass is 560 g/mol. The molecule has 2 aliphatic heterocycles. The molecule has 0 atom stereocenters. The van der Waals surface area contributed by atoms with Gasteiger partial charge in [0.05, 0.1) is 30.6 Å². The number of piperazine rings is 1. The van der Waals surface area contributed by atoms with Gasteiger partial charge in [-0.1, -0.05) is 27.2 Å². The van der Waals surface area contributed by atoms with Crippen molar-refractivity contribution < 1.29 is 17.9 Å². The quantitative estimate of drug-likeness (QED) is 0.411. The summed E-state index contributed by atoms with van der Waals surface area (Å²) in [5.74, 6) is 0.749. The molecule has 1 saturated heterocycles. The summed E-state index contributed by atoms with van der Waals surface area (Å²) in [5.41, 5.74) is 2.77. The van der Waals surface area contributed by atoms with Gasteiger partial charge in [-0.3, -0.25) is 9.48 Å². The fourth-order valence-corrected chi connectivity index (χ4v) is 6.02. The van der Waals surface area contributed by atoms with E-state index in [1.165, 1.54) is 15.4 Å². The smallest absolute Gasteiger partial charge is 0.244 e. The number of rotatable bonds is 11. The molecule has 4 heterocycles. The Morgan fingerprint density at radius 1 is 1.15 bits per heavy atom. The van der Waals surface area contributed by atoms with Crippen molar-refractivity contribution in [2.45, 2.75) is 58.0 Å². The summed E-state index contributed by atoms with van der Waals surface area (Å²) < 4.78 is 36.3. The highest BCUT2D eigenvalue weighted by Gasteiger charge is 2.31. The molecule has 13 heteroatoms. The summed E-state index contributed by atoms with van der Waals surface area (Å²) in [6, 6.07) is 1.61. The SMILES string of the molecule is CCCCOc1ncc(S(=O)(=O)N2CCN(CC)CC2)cc1C1=Nc2c(nn(CC(=O)N(C)C)c2CC)CN1. The first-order valence-corrected chi connectivity index (χ1v) is 15.1. The molecular formula is C26H40N8O4S. The largest absolute Gasteiger partial charge is 0.477 e. The normalized spacial score (nSPS) is 16.4. The summed E-state index contributed by atoms with van der Waals surface area (Å²) in [6.45, 7) is 10.3. The van der Waals surface area contributed by atoms with Gasteiger partial charge in [-0.05, 0) is 25.5 Å². The van der Waals surface area contributed by atoms with E-state index in [2.05, 4.69) is 34.1 Å². The zero-order valence-electron chi connectivity index (χ0n) is 23.6. The molecule has 0 bridgehead atoms. The Morgan fingerprint density at radius 2 is 1.90 bits per heavy atom. The lowest BCUT2D eigenvalue weighted by Crippen LogP contribution is -2.48. The van der Waals surface area contributed by atoms with Crippen molar-refractivity contribution in [2.75, 3.05) is 53.4 Å². The van der Waals surface area contributed by atoms with Crippen LogP contribution in [0, 0.1) is 0 Å². The van der Waals surface area contributed by atoms with Crippen molar-refractivity contribution in [1.29, 1.82) is 0 Å². The van der Waals surface area contributed by atoms with Gasteiger partial charge >= 0.3 is 0 Å². The van der Waals surface area contributed by atoms with E-state index in [4.69, 9.17) is 9.73 Å². The van der Waals surface area contributed by atoms with Crippen LogP contribution in [0.1, 0.15) is 50.6 Å². The molecule has 0 aliphatic carbocycles. The van der Waals surface area contributed by atoms with Crippen molar-refractivity contribution in [3.8, 4) is 5.88 Å². The Hall–Kier alpha value is -3.03. The highest BCUT2D eigenvalue weighted by Crippen LogP contribution is 2.31. The van der Waals surface area contributed by atoms with Gasteiger partial charge < -0.3 is 19.9 Å². The van der Waals surface area contributed by atoms with Crippen LogP contribution in [0.2, 0.25) is 0 Å². The maximum Gasteiger partial charge on any atom is 0.244 e. The Labute approximate surface area is 231 Å². The maximum atomic E-state index is 13.6. The predicted octanol–water partition coefficient (Wildman–Crippen LogP) is 1.62. The number of amidine groups is 1. The number of hydrogen-bond acceptors (Lipinski definition) is 9. The number of aromatic nitrogens is 3. The molecule has 0 saturated carbocycles. The van der Waals surface area contributed by atoms with Gasteiger partial charge in [-0.25, -0.2) is 18.4 Å². The number of ether oxygens (including phenoxy) is 1. The van der Waals surface area contributed by atoms with Gasteiger partial charge in [0, 0.05) is 40.3 Å². The van der Waals surface area contributed by atoms with Gasteiger partial charge in [-0.15, -0.1) is 0 Å². The highest BCUT2D eigenvalue weighted by molar-refractivity contribution is 7.89. The molecule has 2 aromatic rings. The summed E-state index contributed by atoms with van der Waals surface area (Å²) >= 11 is 0. The van der Waals surface area contributed by atoms with Crippen molar-refractivity contribution in [3.63, 3.8) is 0 Å². The third-order valence-corrected chi connectivity index (χ3v) is 8.96. The number of unbranched alkanes of at least 4 members (excludes halogenated alkanes) is 1. The number of nitrogens with zero attached hydrogens (tertiary/aromatic N) is 7. The summed E-state index contributed by atoms with van der Waals surface area (Å²) in [4.78, 5) is 25.6. The van der Waals surface area contributed by atoms with Gasteiger partial charge in [0.25, 0.3) is 0 Å². The third-order valence-electron chi connectivity index (χ3n) is 7.10.